The average molecular weight is 303 g/mol. The van der Waals surface area contributed by atoms with Gasteiger partial charge in [0.1, 0.15) is 6.29 Å². The van der Waals surface area contributed by atoms with Gasteiger partial charge >= 0.3 is 0 Å². The molecule has 0 aromatic heterocycles. The molecule has 1 heterocycles. The first kappa shape index (κ1) is 16.3. The summed E-state index contributed by atoms with van der Waals surface area (Å²) in [7, 11) is 0. The van der Waals surface area contributed by atoms with Gasteiger partial charge in [-0.1, -0.05) is 63.8 Å². The molecule has 0 bridgehead atoms. The number of aliphatic imine (C=N–C) groups is 1. The van der Waals surface area contributed by atoms with Crippen LogP contribution < -0.4 is 0 Å². The minimum absolute atomic E-state index is 0.439. The van der Waals surface area contributed by atoms with Crippen LogP contribution in [-0.2, 0) is 0 Å². The van der Waals surface area contributed by atoms with Crippen molar-refractivity contribution in [1.82, 2.24) is 0 Å². The Morgan fingerprint density at radius 2 is 1.95 bits per heavy atom. The molecule has 0 spiro atoms. The van der Waals surface area contributed by atoms with Gasteiger partial charge in [-0.05, 0) is 11.5 Å². The summed E-state index contributed by atoms with van der Waals surface area (Å²) in [5.41, 5.74) is 3.05. The number of hydrogen-bond donors (Lipinski definition) is 0. The first-order chi connectivity index (χ1) is 10.2. The van der Waals surface area contributed by atoms with Gasteiger partial charge in [0.15, 0.2) is 0 Å². The zero-order chi connectivity index (χ0) is 15.1. The summed E-state index contributed by atoms with van der Waals surface area (Å²) in [5.74, 6) is 2.75. The lowest BCUT2D eigenvalue weighted by Crippen LogP contribution is -2.26. The summed E-state index contributed by atoms with van der Waals surface area (Å²) in [4.78, 5) is 15.5. The third kappa shape index (κ3) is 5.31. The Morgan fingerprint density at radius 1 is 1.29 bits per heavy atom. The van der Waals surface area contributed by atoms with E-state index in [2.05, 4.69) is 13.8 Å². The highest BCUT2D eigenvalue weighted by atomic mass is 32.2. The van der Waals surface area contributed by atoms with Crippen LogP contribution in [0, 0.1) is 5.92 Å². The predicted octanol–water partition coefficient (Wildman–Crippen LogP) is 4.62. The molecule has 3 heteroatoms. The van der Waals surface area contributed by atoms with Crippen LogP contribution >= 0.6 is 11.8 Å². The number of benzene rings is 1. The van der Waals surface area contributed by atoms with Crippen LogP contribution in [0.4, 0.5) is 0 Å². The van der Waals surface area contributed by atoms with Gasteiger partial charge in [0, 0.05) is 17.1 Å². The molecule has 21 heavy (non-hydrogen) atoms. The monoisotopic (exact) mass is 303 g/mol. The maximum Gasteiger partial charge on any atom is 0.150 e. The van der Waals surface area contributed by atoms with Crippen LogP contribution in [0.2, 0.25) is 0 Å². The number of aldehydes is 1. The summed E-state index contributed by atoms with van der Waals surface area (Å²) < 4.78 is 0. The molecule has 1 aliphatic heterocycles. The van der Waals surface area contributed by atoms with Crippen molar-refractivity contribution in [2.24, 2.45) is 10.9 Å². The van der Waals surface area contributed by atoms with E-state index in [0.717, 1.165) is 28.9 Å². The molecule has 1 aromatic rings. The molecule has 0 radical (unpaired) electrons. The van der Waals surface area contributed by atoms with Crippen LogP contribution in [-0.4, -0.2) is 29.5 Å². The van der Waals surface area contributed by atoms with Crippen molar-refractivity contribution in [2.75, 3.05) is 11.5 Å². The van der Waals surface area contributed by atoms with E-state index in [1.54, 1.807) is 0 Å². The Labute approximate surface area is 132 Å². The van der Waals surface area contributed by atoms with Gasteiger partial charge in [0.2, 0.25) is 0 Å². The summed E-state index contributed by atoms with van der Waals surface area (Å²) >= 11 is 1.96. The molecule has 1 aromatic carbocycles. The first-order valence-corrected chi connectivity index (χ1v) is 9.10. The van der Waals surface area contributed by atoms with Crippen molar-refractivity contribution >= 4 is 23.8 Å². The molecule has 2 nitrogen and oxygen atoms in total. The number of carbonyl (C=O) groups is 1. The van der Waals surface area contributed by atoms with Gasteiger partial charge in [0.25, 0.3) is 0 Å². The Morgan fingerprint density at radius 3 is 2.48 bits per heavy atom. The first-order valence-electron chi connectivity index (χ1n) is 7.94. The van der Waals surface area contributed by atoms with Crippen LogP contribution in [0.5, 0.6) is 0 Å². The SMILES string of the molecule is C1CC1.CCC(C)C1CSCC(c2ccc(C=O)cc2)=N1. The predicted molar refractivity (Wildman–Crippen MR) is 92.8 cm³/mol. The Balaban J connectivity index is 0.000000477. The lowest BCUT2D eigenvalue weighted by Gasteiger charge is -2.24. The highest BCUT2D eigenvalue weighted by molar-refractivity contribution is 8.00. The molecule has 1 saturated carbocycles. The quantitative estimate of drug-likeness (QED) is 0.760. The minimum Gasteiger partial charge on any atom is -0.298 e. The second-order valence-electron chi connectivity index (χ2n) is 5.84. The van der Waals surface area contributed by atoms with Crippen LogP contribution in [0.25, 0.3) is 0 Å². The summed E-state index contributed by atoms with van der Waals surface area (Å²) in [6, 6.07) is 8.17. The molecular weight excluding hydrogens is 278 g/mol. The summed E-state index contributed by atoms with van der Waals surface area (Å²) in [6.07, 6.45) is 6.55. The summed E-state index contributed by atoms with van der Waals surface area (Å²) in [6.45, 7) is 4.49. The zero-order valence-corrected chi connectivity index (χ0v) is 13.9. The van der Waals surface area contributed by atoms with Crippen molar-refractivity contribution in [3.05, 3.63) is 35.4 Å². The minimum atomic E-state index is 0.439. The molecule has 3 rings (SSSR count). The fourth-order valence-electron chi connectivity index (χ4n) is 2.03. The molecule has 1 fully saturated rings. The highest BCUT2D eigenvalue weighted by Gasteiger charge is 2.20. The van der Waals surface area contributed by atoms with E-state index in [1.807, 2.05) is 36.0 Å². The number of nitrogens with zero attached hydrogens (tertiary/aromatic N) is 1. The maximum atomic E-state index is 10.6. The lowest BCUT2D eigenvalue weighted by molar-refractivity contribution is 0.112. The Hall–Kier alpha value is -1.09. The second kappa shape index (κ2) is 8.38. The van der Waals surface area contributed by atoms with E-state index in [-0.39, 0.29) is 0 Å². The molecule has 114 valence electrons. The second-order valence-corrected chi connectivity index (χ2v) is 6.87. The van der Waals surface area contributed by atoms with E-state index in [1.165, 1.54) is 31.4 Å². The summed E-state index contributed by atoms with van der Waals surface area (Å²) in [5, 5.41) is 0. The fourth-order valence-corrected chi connectivity index (χ4v) is 3.22. The molecule has 0 amide bonds. The van der Waals surface area contributed by atoms with Gasteiger partial charge in [-0.3, -0.25) is 9.79 Å². The number of thioether (sulfide) groups is 1. The third-order valence-corrected chi connectivity index (χ3v) is 4.94. The van der Waals surface area contributed by atoms with Crippen LogP contribution in [0.15, 0.2) is 29.3 Å². The maximum absolute atomic E-state index is 10.6. The van der Waals surface area contributed by atoms with Gasteiger partial charge in [-0.25, -0.2) is 0 Å². The normalized spacial score (nSPS) is 21.6. The third-order valence-electron chi connectivity index (χ3n) is 3.88. The molecule has 1 aliphatic carbocycles. The molecule has 0 N–H and O–H groups in total. The average Bonchev–Trinajstić information content (AvgIpc) is 3.43. The van der Waals surface area contributed by atoms with Crippen molar-refractivity contribution in [3.8, 4) is 0 Å². The number of carbonyl (C=O) groups excluding carboxylic acids is 1. The standard InChI is InChI=1S/C15H19NOS.C3H6/c1-3-11(2)14-9-18-10-15(16-14)13-6-4-12(8-17)5-7-13;1-2-3-1/h4-8,11,14H,3,9-10H2,1-2H3;1-3H2. The van der Waals surface area contributed by atoms with Crippen LogP contribution in [0.3, 0.4) is 0 Å². The molecule has 2 aliphatic rings. The van der Waals surface area contributed by atoms with Crippen molar-refractivity contribution < 1.29 is 4.79 Å². The van der Waals surface area contributed by atoms with E-state index >= 15 is 0 Å². The zero-order valence-electron chi connectivity index (χ0n) is 13.0. The fraction of sp³-hybridized carbons (Fsp3) is 0.556. The molecule has 2 unspecified atom stereocenters. The van der Waals surface area contributed by atoms with E-state index in [4.69, 9.17) is 4.99 Å². The number of hydrogen-bond acceptors (Lipinski definition) is 3. The Kier molecular flexibility index (Phi) is 6.50. The van der Waals surface area contributed by atoms with Crippen LogP contribution in [0.1, 0.15) is 55.5 Å². The lowest BCUT2D eigenvalue weighted by atomic mass is 10.0. The topological polar surface area (TPSA) is 29.4 Å². The molecule has 0 saturated heterocycles. The Bertz CT molecular complexity index is 476. The van der Waals surface area contributed by atoms with Crippen molar-refractivity contribution in [2.45, 2.75) is 45.6 Å². The van der Waals surface area contributed by atoms with E-state index in [9.17, 15) is 4.79 Å². The largest absolute Gasteiger partial charge is 0.298 e. The smallest absolute Gasteiger partial charge is 0.150 e. The van der Waals surface area contributed by atoms with Gasteiger partial charge in [-0.15, -0.1) is 0 Å². The highest BCUT2D eigenvalue weighted by Crippen LogP contribution is 2.23. The van der Waals surface area contributed by atoms with Gasteiger partial charge in [-0.2, -0.15) is 11.8 Å². The molecular formula is C18H25NOS. The van der Waals surface area contributed by atoms with E-state index < -0.39 is 0 Å². The van der Waals surface area contributed by atoms with Gasteiger partial charge < -0.3 is 0 Å². The van der Waals surface area contributed by atoms with E-state index in [0.29, 0.717) is 12.0 Å². The van der Waals surface area contributed by atoms with Crippen molar-refractivity contribution in [3.63, 3.8) is 0 Å². The number of rotatable bonds is 4. The van der Waals surface area contributed by atoms with Gasteiger partial charge in [0.05, 0.1) is 11.8 Å². The van der Waals surface area contributed by atoms with Crippen molar-refractivity contribution in [1.29, 1.82) is 0 Å². The molecule has 2 atom stereocenters.